The van der Waals surface area contributed by atoms with E-state index in [1.165, 1.54) is 6.33 Å². The Bertz CT molecular complexity index is 996. The monoisotopic (exact) mass is 474 g/mol. The first kappa shape index (κ1) is 22.3. The van der Waals surface area contributed by atoms with Crippen LogP contribution in [0.2, 0.25) is 0 Å². The van der Waals surface area contributed by atoms with Crippen LogP contribution in [0.3, 0.4) is 0 Å². The van der Waals surface area contributed by atoms with E-state index in [0.717, 1.165) is 34.7 Å². The third kappa shape index (κ3) is 5.81. The van der Waals surface area contributed by atoms with E-state index in [-0.39, 0.29) is 12.1 Å². The fraction of sp³-hybridized carbons (Fsp3) is 0.435. The summed E-state index contributed by atoms with van der Waals surface area (Å²) in [5.41, 5.74) is 0.981. The second-order valence-corrected chi connectivity index (χ2v) is 9.02. The van der Waals surface area contributed by atoms with Gasteiger partial charge in [-0.1, -0.05) is 30.3 Å². The average Bonchev–Trinajstić information content (AvgIpc) is 3.02. The van der Waals surface area contributed by atoms with Gasteiger partial charge in [0.1, 0.15) is 17.3 Å². The Labute approximate surface area is 185 Å². The van der Waals surface area contributed by atoms with Gasteiger partial charge in [0.25, 0.3) is 0 Å². The van der Waals surface area contributed by atoms with E-state index in [4.69, 9.17) is 13.9 Å². The molecule has 0 amide bonds. The zero-order chi connectivity index (χ0) is 21.7. The lowest BCUT2D eigenvalue weighted by molar-refractivity contribution is -0.154. The number of hydrogen-bond donors (Lipinski definition) is 0. The Balaban J connectivity index is 1.62. The number of rotatable bonds is 8. The minimum Gasteiger partial charge on any atom is -0.474 e. The standard InChI is InChI=1S/C23H27BrN2O4/c1-15(10-8-9-13-17(27)30-23(2,3)4)28-21-18-19(24)20(16-11-6-5-7-12-16)29-22(18)26-14-25-21/h5-7,11-12,14-15H,8-10,13H2,1-4H3/t15-/m1/s1. The van der Waals surface area contributed by atoms with Gasteiger partial charge >= 0.3 is 5.97 Å². The van der Waals surface area contributed by atoms with Crippen LogP contribution in [0.1, 0.15) is 53.4 Å². The van der Waals surface area contributed by atoms with Crippen molar-refractivity contribution < 1.29 is 18.7 Å². The number of carbonyl (C=O) groups excluding carboxylic acids is 1. The summed E-state index contributed by atoms with van der Waals surface area (Å²) < 4.78 is 18.1. The third-order valence-electron chi connectivity index (χ3n) is 4.41. The van der Waals surface area contributed by atoms with Crippen LogP contribution in [0, 0.1) is 0 Å². The molecular formula is C23H27BrN2O4. The van der Waals surface area contributed by atoms with Gasteiger partial charge in [0.15, 0.2) is 5.76 Å². The molecule has 0 bridgehead atoms. The maximum Gasteiger partial charge on any atom is 0.306 e. The molecule has 0 saturated heterocycles. The molecule has 3 aromatic rings. The van der Waals surface area contributed by atoms with E-state index in [0.29, 0.717) is 23.8 Å². The van der Waals surface area contributed by atoms with E-state index < -0.39 is 5.60 Å². The first-order valence-electron chi connectivity index (χ1n) is 10.1. The summed E-state index contributed by atoms with van der Waals surface area (Å²) >= 11 is 3.63. The summed E-state index contributed by atoms with van der Waals surface area (Å²) in [7, 11) is 0. The van der Waals surface area contributed by atoms with E-state index in [9.17, 15) is 4.79 Å². The molecule has 0 spiro atoms. The van der Waals surface area contributed by atoms with Gasteiger partial charge in [-0.25, -0.2) is 9.97 Å². The molecule has 0 aliphatic rings. The molecule has 1 atom stereocenters. The number of furan rings is 1. The number of carbonyl (C=O) groups is 1. The quantitative estimate of drug-likeness (QED) is 0.280. The van der Waals surface area contributed by atoms with Crippen LogP contribution in [-0.2, 0) is 9.53 Å². The number of halogens is 1. The Morgan fingerprint density at radius 2 is 1.90 bits per heavy atom. The molecule has 0 unspecified atom stereocenters. The first-order chi connectivity index (χ1) is 14.2. The molecule has 7 heteroatoms. The van der Waals surface area contributed by atoms with Crippen molar-refractivity contribution in [3.8, 4) is 17.2 Å². The summed E-state index contributed by atoms with van der Waals surface area (Å²) in [6.07, 6.45) is 4.21. The zero-order valence-corrected chi connectivity index (χ0v) is 19.4. The van der Waals surface area contributed by atoms with Crippen molar-refractivity contribution in [3.05, 3.63) is 41.1 Å². The summed E-state index contributed by atoms with van der Waals surface area (Å²) in [5, 5.41) is 0.719. The van der Waals surface area contributed by atoms with Crippen molar-refractivity contribution in [3.63, 3.8) is 0 Å². The maximum atomic E-state index is 11.8. The maximum absolute atomic E-state index is 11.8. The second kappa shape index (κ2) is 9.60. The predicted octanol–water partition coefficient (Wildman–Crippen LogP) is 6.32. The highest BCUT2D eigenvalue weighted by molar-refractivity contribution is 9.10. The topological polar surface area (TPSA) is 74.5 Å². The molecule has 2 aromatic heterocycles. The molecule has 0 radical (unpaired) electrons. The molecule has 0 aliphatic heterocycles. The smallest absolute Gasteiger partial charge is 0.306 e. The number of fused-ring (bicyclic) bond motifs is 1. The summed E-state index contributed by atoms with van der Waals surface area (Å²) in [4.78, 5) is 20.4. The van der Waals surface area contributed by atoms with Crippen LogP contribution < -0.4 is 4.74 Å². The van der Waals surface area contributed by atoms with E-state index >= 15 is 0 Å². The van der Waals surface area contributed by atoms with Crippen molar-refractivity contribution in [1.82, 2.24) is 9.97 Å². The molecule has 0 saturated carbocycles. The van der Waals surface area contributed by atoms with Gasteiger partial charge in [-0.2, -0.15) is 0 Å². The molecule has 3 rings (SSSR count). The molecule has 160 valence electrons. The largest absolute Gasteiger partial charge is 0.474 e. The lowest BCUT2D eigenvalue weighted by Gasteiger charge is -2.19. The van der Waals surface area contributed by atoms with E-state index in [1.54, 1.807) is 0 Å². The highest BCUT2D eigenvalue weighted by Crippen LogP contribution is 2.40. The van der Waals surface area contributed by atoms with Crippen molar-refractivity contribution in [1.29, 1.82) is 0 Å². The zero-order valence-electron chi connectivity index (χ0n) is 17.8. The third-order valence-corrected chi connectivity index (χ3v) is 5.16. The normalized spacial score (nSPS) is 12.7. The number of aromatic nitrogens is 2. The van der Waals surface area contributed by atoms with Gasteiger partial charge in [-0.15, -0.1) is 0 Å². The number of unbranched alkanes of at least 4 members (excludes halogenated alkanes) is 1. The van der Waals surface area contributed by atoms with Crippen LogP contribution in [0.25, 0.3) is 22.4 Å². The molecule has 30 heavy (non-hydrogen) atoms. The van der Waals surface area contributed by atoms with E-state index in [2.05, 4.69) is 25.9 Å². The Morgan fingerprint density at radius 3 is 2.60 bits per heavy atom. The van der Waals surface area contributed by atoms with E-state index in [1.807, 2.05) is 58.0 Å². The van der Waals surface area contributed by atoms with Gasteiger partial charge in [0, 0.05) is 12.0 Å². The number of benzene rings is 1. The molecule has 0 aliphatic carbocycles. The Kier molecular flexibility index (Phi) is 7.13. The Hall–Kier alpha value is -2.41. The van der Waals surface area contributed by atoms with Crippen LogP contribution >= 0.6 is 15.9 Å². The Morgan fingerprint density at radius 1 is 1.17 bits per heavy atom. The minimum absolute atomic E-state index is 0.0660. The van der Waals surface area contributed by atoms with Gasteiger partial charge < -0.3 is 13.9 Å². The van der Waals surface area contributed by atoms with Crippen LogP contribution in [0.4, 0.5) is 0 Å². The summed E-state index contributed by atoms with van der Waals surface area (Å²) in [6.45, 7) is 7.62. The summed E-state index contributed by atoms with van der Waals surface area (Å²) in [5.74, 6) is 1.02. The highest BCUT2D eigenvalue weighted by atomic mass is 79.9. The fourth-order valence-electron chi connectivity index (χ4n) is 3.08. The number of hydrogen-bond acceptors (Lipinski definition) is 6. The first-order valence-corrected chi connectivity index (χ1v) is 10.9. The molecule has 0 N–H and O–H groups in total. The van der Waals surface area contributed by atoms with Crippen molar-refractivity contribution >= 4 is 33.0 Å². The molecule has 2 heterocycles. The highest BCUT2D eigenvalue weighted by Gasteiger charge is 2.21. The van der Waals surface area contributed by atoms with Crippen LogP contribution in [0.5, 0.6) is 5.88 Å². The van der Waals surface area contributed by atoms with Gasteiger partial charge in [0.05, 0.1) is 10.6 Å². The number of nitrogens with zero attached hydrogens (tertiary/aromatic N) is 2. The van der Waals surface area contributed by atoms with Crippen molar-refractivity contribution in [2.75, 3.05) is 0 Å². The van der Waals surface area contributed by atoms with Gasteiger partial charge in [-0.3, -0.25) is 4.79 Å². The van der Waals surface area contributed by atoms with Gasteiger partial charge in [0.2, 0.25) is 11.6 Å². The van der Waals surface area contributed by atoms with Crippen molar-refractivity contribution in [2.24, 2.45) is 0 Å². The summed E-state index contributed by atoms with van der Waals surface area (Å²) in [6, 6.07) is 9.82. The molecule has 1 aromatic carbocycles. The second-order valence-electron chi connectivity index (χ2n) is 8.23. The van der Waals surface area contributed by atoms with Crippen molar-refractivity contribution in [2.45, 2.75) is 65.1 Å². The fourth-order valence-corrected chi connectivity index (χ4v) is 3.73. The lowest BCUT2D eigenvalue weighted by Crippen LogP contribution is -2.23. The average molecular weight is 475 g/mol. The van der Waals surface area contributed by atoms with Gasteiger partial charge in [-0.05, 0) is 62.9 Å². The molecule has 6 nitrogen and oxygen atoms in total. The van der Waals surface area contributed by atoms with Crippen LogP contribution in [-0.4, -0.2) is 27.6 Å². The van der Waals surface area contributed by atoms with Crippen LogP contribution in [0.15, 0.2) is 45.5 Å². The predicted molar refractivity (Wildman–Crippen MR) is 119 cm³/mol. The molecular weight excluding hydrogens is 448 g/mol. The SMILES string of the molecule is C[C@H](CCCCC(=O)OC(C)(C)C)Oc1ncnc2oc(-c3ccccc3)c(Br)c12. The minimum atomic E-state index is -0.442. The number of ether oxygens (including phenoxy) is 2. The lowest BCUT2D eigenvalue weighted by atomic mass is 10.1. The molecule has 0 fully saturated rings. The number of esters is 1.